The Morgan fingerprint density at radius 1 is 1.20 bits per heavy atom. The largest absolute Gasteiger partial charge is 0.461 e. The molecule has 1 aromatic carbocycles. The first-order valence-electron chi connectivity index (χ1n) is 7.94. The van der Waals surface area contributed by atoms with E-state index in [1.165, 1.54) is 0 Å². The van der Waals surface area contributed by atoms with Crippen LogP contribution in [0.4, 0.5) is 0 Å². The summed E-state index contributed by atoms with van der Waals surface area (Å²) in [7, 11) is 0. The molecule has 0 aliphatic rings. The average Bonchev–Trinajstić information content (AvgIpc) is 3.21. The number of carbonyl (C=O) groups excluding carboxylic acids is 1. The molecule has 0 amide bonds. The van der Waals surface area contributed by atoms with Crippen LogP contribution in [0, 0.1) is 0 Å². The van der Waals surface area contributed by atoms with Crippen molar-refractivity contribution in [3.8, 4) is 11.5 Å². The molecule has 25 heavy (non-hydrogen) atoms. The third kappa shape index (κ3) is 3.30. The second-order valence-corrected chi connectivity index (χ2v) is 6.17. The molecule has 0 saturated heterocycles. The van der Waals surface area contributed by atoms with E-state index in [0.717, 1.165) is 11.4 Å². The van der Waals surface area contributed by atoms with Crippen LogP contribution >= 0.6 is 23.2 Å². The molecule has 0 atom stereocenters. The molecular formula is C18H17Cl2N3O2. The predicted octanol–water partition coefficient (Wildman–Crippen LogP) is 4.71. The number of ether oxygens (including phenoxy) is 1. The van der Waals surface area contributed by atoms with E-state index in [0.29, 0.717) is 27.8 Å². The highest BCUT2D eigenvalue weighted by atomic mass is 35.5. The lowest BCUT2D eigenvalue weighted by atomic mass is 10.1. The topological polar surface area (TPSA) is 49.0 Å². The smallest absolute Gasteiger partial charge is 0.359 e. The minimum Gasteiger partial charge on any atom is -0.461 e. The first kappa shape index (κ1) is 17.6. The normalized spacial score (nSPS) is 10.9. The van der Waals surface area contributed by atoms with Crippen molar-refractivity contribution in [2.75, 3.05) is 6.61 Å². The second-order valence-electron chi connectivity index (χ2n) is 5.32. The van der Waals surface area contributed by atoms with Crippen LogP contribution in [0.2, 0.25) is 10.0 Å². The molecule has 130 valence electrons. The maximum absolute atomic E-state index is 12.4. The van der Waals surface area contributed by atoms with Crippen molar-refractivity contribution in [3.63, 3.8) is 0 Å². The van der Waals surface area contributed by atoms with Crippen LogP contribution in [0.5, 0.6) is 0 Å². The second kappa shape index (κ2) is 7.33. The molecule has 0 aliphatic heterocycles. The third-order valence-corrected chi connectivity index (χ3v) is 4.30. The van der Waals surface area contributed by atoms with Gasteiger partial charge in [-0.25, -0.2) is 9.48 Å². The number of benzene rings is 1. The van der Waals surface area contributed by atoms with Crippen molar-refractivity contribution in [2.24, 2.45) is 0 Å². The Morgan fingerprint density at radius 3 is 2.52 bits per heavy atom. The third-order valence-electron chi connectivity index (χ3n) is 3.77. The Labute approximate surface area is 155 Å². The van der Waals surface area contributed by atoms with Gasteiger partial charge in [-0.15, -0.1) is 0 Å². The fraction of sp³-hybridized carbons (Fsp3) is 0.222. The van der Waals surface area contributed by atoms with E-state index in [2.05, 4.69) is 5.10 Å². The monoisotopic (exact) mass is 377 g/mol. The lowest BCUT2D eigenvalue weighted by Gasteiger charge is -2.11. The summed E-state index contributed by atoms with van der Waals surface area (Å²) in [5.41, 5.74) is 1.72. The van der Waals surface area contributed by atoms with Gasteiger partial charge >= 0.3 is 5.97 Å². The van der Waals surface area contributed by atoms with Gasteiger partial charge in [0.15, 0.2) is 5.69 Å². The van der Waals surface area contributed by atoms with Crippen molar-refractivity contribution in [1.29, 1.82) is 0 Å². The summed E-state index contributed by atoms with van der Waals surface area (Å²) in [6.07, 6.45) is 4.41. The minimum absolute atomic E-state index is 0.287. The van der Waals surface area contributed by atoms with Gasteiger partial charge in [0.1, 0.15) is 5.82 Å². The molecule has 3 aromatic rings. The van der Waals surface area contributed by atoms with Crippen molar-refractivity contribution in [3.05, 3.63) is 64.0 Å². The first-order chi connectivity index (χ1) is 12.1. The first-order valence-corrected chi connectivity index (χ1v) is 8.70. The number of esters is 1. The van der Waals surface area contributed by atoms with Gasteiger partial charge < -0.3 is 9.30 Å². The zero-order chi connectivity index (χ0) is 18.0. The summed E-state index contributed by atoms with van der Waals surface area (Å²) in [4.78, 5) is 12.4. The highest BCUT2D eigenvalue weighted by Gasteiger charge is 2.25. The molecule has 2 aromatic heterocycles. The quantitative estimate of drug-likeness (QED) is 0.605. The summed E-state index contributed by atoms with van der Waals surface area (Å²) in [6, 6.07) is 8.97. The molecular weight excluding hydrogens is 361 g/mol. The molecule has 0 N–H and O–H groups in total. The number of carbonyl (C=O) groups is 1. The summed E-state index contributed by atoms with van der Waals surface area (Å²) >= 11 is 12.4. The molecule has 5 nitrogen and oxygen atoms in total. The highest BCUT2D eigenvalue weighted by molar-refractivity contribution is 6.35. The van der Waals surface area contributed by atoms with Crippen LogP contribution in [-0.2, 0) is 11.2 Å². The SMILES string of the molecule is CCOC(=O)c1nn(-c2ccc(Cl)cc2Cl)c(-n2cccc2)c1CC. The summed E-state index contributed by atoms with van der Waals surface area (Å²) in [6.45, 7) is 4.03. The van der Waals surface area contributed by atoms with Gasteiger partial charge in [-0.05, 0) is 43.7 Å². The minimum atomic E-state index is -0.448. The average molecular weight is 378 g/mol. The molecule has 0 aliphatic carbocycles. The molecule has 0 radical (unpaired) electrons. The summed E-state index contributed by atoms with van der Waals surface area (Å²) in [5, 5.41) is 5.49. The Hall–Kier alpha value is -2.24. The van der Waals surface area contributed by atoms with Crippen LogP contribution in [0.25, 0.3) is 11.5 Å². The summed E-state index contributed by atoms with van der Waals surface area (Å²) < 4.78 is 8.72. The van der Waals surface area contributed by atoms with E-state index in [1.54, 1.807) is 29.8 Å². The highest BCUT2D eigenvalue weighted by Crippen LogP contribution is 2.29. The Bertz CT molecular complexity index is 901. The number of halogens is 2. The lowest BCUT2D eigenvalue weighted by Crippen LogP contribution is -2.08. The molecule has 0 saturated carbocycles. The van der Waals surface area contributed by atoms with Gasteiger partial charge in [-0.2, -0.15) is 5.10 Å². The fourth-order valence-corrected chi connectivity index (χ4v) is 3.18. The van der Waals surface area contributed by atoms with Gasteiger partial charge in [0, 0.05) is 23.0 Å². The summed E-state index contributed by atoms with van der Waals surface area (Å²) in [5.74, 6) is 0.302. The fourth-order valence-electron chi connectivity index (χ4n) is 2.69. The van der Waals surface area contributed by atoms with Gasteiger partial charge in [-0.1, -0.05) is 30.1 Å². The van der Waals surface area contributed by atoms with Crippen LogP contribution in [0.15, 0.2) is 42.7 Å². The molecule has 3 rings (SSSR count). The van der Waals surface area contributed by atoms with E-state index in [-0.39, 0.29) is 6.61 Å². The van der Waals surface area contributed by atoms with E-state index < -0.39 is 5.97 Å². The van der Waals surface area contributed by atoms with E-state index in [1.807, 2.05) is 36.0 Å². The van der Waals surface area contributed by atoms with Crippen LogP contribution in [-0.4, -0.2) is 26.9 Å². The molecule has 0 spiro atoms. The van der Waals surface area contributed by atoms with Crippen molar-refractivity contribution >= 4 is 29.2 Å². The van der Waals surface area contributed by atoms with Crippen molar-refractivity contribution < 1.29 is 9.53 Å². The Morgan fingerprint density at radius 2 is 1.92 bits per heavy atom. The predicted molar refractivity (Wildman–Crippen MR) is 98.2 cm³/mol. The molecule has 2 heterocycles. The standard InChI is InChI=1S/C18H17Cl2N3O2/c1-3-13-16(18(24)25-4-2)21-23(17(13)22-9-5-6-10-22)15-8-7-12(19)11-14(15)20/h5-11H,3-4H2,1-2H3. The Balaban J connectivity index is 2.28. The molecule has 0 bridgehead atoms. The van der Waals surface area contributed by atoms with Crippen molar-refractivity contribution in [2.45, 2.75) is 20.3 Å². The molecule has 0 unspecified atom stereocenters. The number of hydrogen-bond donors (Lipinski definition) is 0. The zero-order valence-electron chi connectivity index (χ0n) is 13.9. The molecule has 0 fully saturated rings. The maximum Gasteiger partial charge on any atom is 0.359 e. The maximum atomic E-state index is 12.4. The Kier molecular flexibility index (Phi) is 5.16. The molecule has 7 heteroatoms. The van der Waals surface area contributed by atoms with E-state index in [9.17, 15) is 4.79 Å². The van der Waals surface area contributed by atoms with Crippen LogP contribution in [0.1, 0.15) is 29.9 Å². The lowest BCUT2D eigenvalue weighted by molar-refractivity contribution is 0.0517. The van der Waals surface area contributed by atoms with Gasteiger partial charge in [0.05, 0.1) is 17.3 Å². The zero-order valence-corrected chi connectivity index (χ0v) is 15.4. The number of rotatable bonds is 5. The van der Waals surface area contributed by atoms with Crippen LogP contribution < -0.4 is 0 Å². The van der Waals surface area contributed by atoms with E-state index in [4.69, 9.17) is 27.9 Å². The van der Waals surface area contributed by atoms with Crippen LogP contribution in [0.3, 0.4) is 0 Å². The van der Waals surface area contributed by atoms with Gasteiger partial charge in [0.2, 0.25) is 0 Å². The van der Waals surface area contributed by atoms with Crippen molar-refractivity contribution in [1.82, 2.24) is 14.3 Å². The van der Waals surface area contributed by atoms with Gasteiger partial charge in [-0.3, -0.25) is 0 Å². The van der Waals surface area contributed by atoms with Gasteiger partial charge in [0.25, 0.3) is 0 Å². The number of aromatic nitrogens is 3. The number of nitrogens with zero attached hydrogens (tertiary/aromatic N) is 3. The van der Waals surface area contributed by atoms with E-state index >= 15 is 0 Å². The number of hydrogen-bond acceptors (Lipinski definition) is 3.